The maximum atomic E-state index is 12.2. The molecule has 2 N–H and O–H groups in total. The van der Waals surface area contributed by atoms with Gasteiger partial charge in [-0.3, -0.25) is 9.69 Å². The number of rotatable bonds is 10. The second kappa shape index (κ2) is 10.2. The van der Waals surface area contributed by atoms with Gasteiger partial charge in [-0.2, -0.15) is 0 Å². The molecule has 0 aliphatic carbocycles. The summed E-state index contributed by atoms with van der Waals surface area (Å²) in [6.07, 6.45) is 7.08. The Hall–Kier alpha value is -0.610. The Morgan fingerprint density at radius 3 is 2.75 bits per heavy atom. The van der Waals surface area contributed by atoms with Crippen molar-refractivity contribution < 1.29 is 4.79 Å². The predicted octanol–water partition coefficient (Wildman–Crippen LogP) is 2.15. The fourth-order valence-corrected chi connectivity index (χ4v) is 2.83. The number of nitrogens with zero attached hydrogens (tertiary/aromatic N) is 1. The molecule has 4 nitrogen and oxygen atoms in total. The van der Waals surface area contributed by atoms with E-state index in [0.717, 1.165) is 39.0 Å². The molecule has 0 aromatic rings. The van der Waals surface area contributed by atoms with Gasteiger partial charge in [-0.1, -0.05) is 26.7 Å². The average Bonchev–Trinajstić information content (AvgIpc) is 2.95. The van der Waals surface area contributed by atoms with Gasteiger partial charge in [0.05, 0.1) is 6.04 Å². The van der Waals surface area contributed by atoms with Crippen molar-refractivity contribution >= 4 is 5.91 Å². The third-order valence-electron chi connectivity index (χ3n) is 4.13. The Balaban J connectivity index is 2.36. The van der Waals surface area contributed by atoms with Gasteiger partial charge in [0.1, 0.15) is 0 Å². The Bertz CT molecular complexity index is 264. The molecule has 1 aliphatic rings. The molecule has 1 amide bonds. The van der Waals surface area contributed by atoms with Gasteiger partial charge in [-0.15, -0.1) is 0 Å². The van der Waals surface area contributed by atoms with E-state index in [2.05, 4.69) is 29.4 Å². The summed E-state index contributed by atoms with van der Waals surface area (Å²) in [6, 6.07) is 0.552. The summed E-state index contributed by atoms with van der Waals surface area (Å²) in [4.78, 5) is 14.6. The molecule has 1 heterocycles. The zero-order valence-corrected chi connectivity index (χ0v) is 13.6. The van der Waals surface area contributed by atoms with Gasteiger partial charge in [-0.05, 0) is 45.7 Å². The van der Waals surface area contributed by atoms with Crippen molar-refractivity contribution in [1.82, 2.24) is 15.5 Å². The van der Waals surface area contributed by atoms with Gasteiger partial charge in [0.2, 0.25) is 5.91 Å². The minimum atomic E-state index is -0.0148. The molecular weight excluding hydrogens is 250 g/mol. The normalized spacial score (nSPS) is 20.3. The van der Waals surface area contributed by atoms with E-state index in [4.69, 9.17) is 0 Å². The molecule has 0 aromatic carbocycles. The smallest absolute Gasteiger partial charge is 0.237 e. The molecule has 2 unspecified atom stereocenters. The zero-order valence-electron chi connectivity index (χ0n) is 13.6. The number of nitrogens with one attached hydrogen (secondary N) is 2. The highest BCUT2D eigenvalue weighted by Crippen LogP contribution is 2.10. The Morgan fingerprint density at radius 1 is 1.35 bits per heavy atom. The lowest BCUT2D eigenvalue weighted by molar-refractivity contribution is -0.126. The van der Waals surface area contributed by atoms with Gasteiger partial charge in [0.15, 0.2) is 0 Å². The Morgan fingerprint density at radius 2 is 2.15 bits per heavy atom. The summed E-state index contributed by atoms with van der Waals surface area (Å²) in [6.45, 7) is 10.3. The highest BCUT2D eigenvalue weighted by atomic mass is 16.2. The number of hydrogen-bond donors (Lipinski definition) is 2. The second-order valence-electron chi connectivity index (χ2n) is 5.96. The van der Waals surface area contributed by atoms with E-state index in [1.54, 1.807) is 0 Å². The number of carbonyl (C=O) groups excluding carboxylic acids is 1. The predicted molar refractivity (Wildman–Crippen MR) is 84.9 cm³/mol. The Kier molecular flexibility index (Phi) is 8.86. The van der Waals surface area contributed by atoms with Crippen molar-refractivity contribution in [3.8, 4) is 0 Å². The lowest BCUT2D eigenvalue weighted by atomic mass is 10.1. The van der Waals surface area contributed by atoms with Crippen molar-refractivity contribution in [2.24, 2.45) is 0 Å². The molecule has 0 radical (unpaired) electrons. The van der Waals surface area contributed by atoms with Crippen LogP contribution in [-0.4, -0.2) is 49.1 Å². The van der Waals surface area contributed by atoms with Crippen LogP contribution in [0.4, 0.5) is 0 Å². The second-order valence-corrected chi connectivity index (χ2v) is 5.96. The topological polar surface area (TPSA) is 44.4 Å². The van der Waals surface area contributed by atoms with Crippen molar-refractivity contribution in [2.75, 3.05) is 26.2 Å². The maximum Gasteiger partial charge on any atom is 0.237 e. The van der Waals surface area contributed by atoms with Crippen LogP contribution in [0.25, 0.3) is 0 Å². The largest absolute Gasteiger partial charge is 0.355 e. The van der Waals surface area contributed by atoms with Gasteiger partial charge in [0, 0.05) is 19.1 Å². The van der Waals surface area contributed by atoms with E-state index in [9.17, 15) is 4.79 Å². The molecule has 4 heteroatoms. The highest BCUT2D eigenvalue weighted by Gasteiger charge is 2.24. The van der Waals surface area contributed by atoms with Crippen molar-refractivity contribution in [3.05, 3.63) is 0 Å². The number of carbonyl (C=O) groups is 1. The number of unbranched alkanes of at least 4 members (excludes halogenated alkanes) is 2. The molecule has 2 atom stereocenters. The van der Waals surface area contributed by atoms with Crippen LogP contribution in [-0.2, 0) is 4.79 Å². The van der Waals surface area contributed by atoms with Crippen molar-refractivity contribution in [3.63, 3.8) is 0 Å². The van der Waals surface area contributed by atoms with Crippen LogP contribution in [0, 0.1) is 0 Å². The number of hydrogen-bond acceptors (Lipinski definition) is 3. The first-order valence-corrected chi connectivity index (χ1v) is 8.44. The van der Waals surface area contributed by atoms with Crippen LogP contribution in [0.3, 0.4) is 0 Å². The minimum absolute atomic E-state index is 0.0148. The first kappa shape index (κ1) is 17.4. The van der Waals surface area contributed by atoms with E-state index in [1.807, 2.05) is 6.92 Å². The minimum Gasteiger partial charge on any atom is -0.355 e. The monoisotopic (exact) mass is 283 g/mol. The van der Waals surface area contributed by atoms with E-state index in [1.165, 1.54) is 25.7 Å². The molecule has 0 aromatic heterocycles. The molecular formula is C16H33N3O. The molecule has 1 aliphatic heterocycles. The molecule has 0 saturated carbocycles. The lowest BCUT2D eigenvalue weighted by Gasteiger charge is -2.30. The standard InChI is InChI=1S/C16H33N3O/c1-4-6-7-10-18-16(20)14(3)19(12-5-2)13-15-9-8-11-17-15/h14-15,17H,4-13H2,1-3H3,(H,18,20). The van der Waals surface area contributed by atoms with E-state index in [0.29, 0.717) is 6.04 Å². The van der Waals surface area contributed by atoms with Crippen molar-refractivity contribution in [1.29, 1.82) is 0 Å². The summed E-state index contributed by atoms with van der Waals surface area (Å²) >= 11 is 0. The van der Waals surface area contributed by atoms with E-state index in [-0.39, 0.29) is 11.9 Å². The van der Waals surface area contributed by atoms with Gasteiger partial charge in [0.25, 0.3) is 0 Å². The quantitative estimate of drug-likeness (QED) is 0.604. The van der Waals surface area contributed by atoms with Gasteiger partial charge < -0.3 is 10.6 Å². The third-order valence-corrected chi connectivity index (χ3v) is 4.13. The zero-order chi connectivity index (χ0) is 14.8. The van der Waals surface area contributed by atoms with E-state index >= 15 is 0 Å². The molecule has 1 fully saturated rings. The third kappa shape index (κ3) is 6.23. The summed E-state index contributed by atoms with van der Waals surface area (Å²) in [5, 5.41) is 6.61. The SMILES string of the molecule is CCCCCNC(=O)C(C)N(CCC)CC1CCCN1. The summed E-state index contributed by atoms with van der Waals surface area (Å²) in [7, 11) is 0. The summed E-state index contributed by atoms with van der Waals surface area (Å²) in [5.74, 6) is 0.188. The lowest BCUT2D eigenvalue weighted by Crippen LogP contribution is -2.49. The average molecular weight is 283 g/mol. The summed E-state index contributed by atoms with van der Waals surface area (Å²) in [5.41, 5.74) is 0. The first-order chi connectivity index (χ1) is 9.69. The molecule has 1 saturated heterocycles. The fourth-order valence-electron chi connectivity index (χ4n) is 2.83. The van der Waals surface area contributed by atoms with Crippen molar-refractivity contribution in [2.45, 2.75) is 71.4 Å². The van der Waals surface area contributed by atoms with Crippen LogP contribution in [0.5, 0.6) is 0 Å². The molecule has 118 valence electrons. The van der Waals surface area contributed by atoms with Gasteiger partial charge in [-0.25, -0.2) is 0 Å². The number of amides is 1. The maximum absolute atomic E-state index is 12.2. The molecule has 0 spiro atoms. The molecule has 0 bridgehead atoms. The molecule has 1 rings (SSSR count). The first-order valence-electron chi connectivity index (χ1n) is 8.44. The highest BCUT2D eigenvalue weighted by molar-refractivity contribution is 5.81. The Labute approximate surface area is 124 Å². The fraction of sp³-hybridized carbons (Fsp3) is 0.938. The van der Waals surface area contributed by atoms with Crippen LogP contribution in [0.15, 0.2) is 0 Å². The van der Waals surface area contributed by atoms with Crippen LogP contribution >= 0.6 is 0 Å². The van der Waals surface area contributed by atoms with E-state index < -0.39 is 0 Å². The van der Waals surface area contributed by atoms with Crippen LogP contribution in [0.2, 0.25) is 0 Å². The van der Waals surface area contributed by atoms with Crippen LogP contribution < -0.4 is 10.6 Å². The molecule has 20 heavy (non-hydrogen) atoms. The summed E-state index contributed by atoms with van der Waals surface area (Å²) < 4.78 is 0. The van der Waals surface area contributed by atoms with Gasteiger partial charge >= 0.3 is 0 Å². The van der Waals surface area contributed by atoms with Crippen LogP contribution in [0.1, 0.15) is 59.3 Å².